The summed E-state index contributed by atoms with van der Waals surface area (Å²) in [6.07, 6.45) is 16.5. The molecule has 1 aliphatic rings. The van der Waals surface area contributed by atoms with Crippen molar-refractivity contribution in [1.29, 1.82) is 0 Å². The van der Waals surface area contributed by atoms with Crippen LogP contribution in [0.4, 0.5) is 0 Å². The van der Waals surface area contributed by atoms with E-state index < -0.39 is 0 Å². The lowest BCUT2D eigenvalue weighted by Crippen LogP contribution is -2.22. The van der Waals surface area contributed by atoms with Gasteiger partial charge in [-0.1, -0.05) is 153 Å². The van der Waals surface area contributed by atoms with E-state index in [1.165, 1.54) is 36.4 Å². The average Bonchev–Trinajstić information content (AvgIpc) is 3.23. The van der Waals surface area contributed by atoms with Gasteiger partial charge in [0.1, 0.15) is 11.5 Å². The van der Waals surface area contributed by atoms with E-state index in [1.54, 1.807) is 36.4 Å². The molecule has 0 amide bonds. The maximum Gasteiger partial charge on any atom is 0.314 e. The predicted octanol–water partition coefficient (Wildman–Crippen LogP) is 14.1. The van der Waals surface area contributed by atoms with Crippen molar-refractivity contribution in [3.63, 3.8) is 0 Å². The van der Waals surface area contributed by atoms with Crippen molar-refractivity contribution in [2.75, 3.05) is 0 Å². The number of fused-ring (bicyclic) bond motifs is 2. The Morgan fingerprint density at radius 2 is 0.828 bits per heavy atom. The molecule has 0 bridgehead atoms. The van der Waals surface area contributed by atoms with E-state index in [0.717, 1.165) is 99.7 Å². The van der Waals surface area contributed by atoms with E-state index in [-0.39, 0.29) is 35.3 Å². The van der Waals surface area contributed by atoms with E-state index in [0.29, 0.717) is 43.5 Å². The quantitative estimate of drug-likeness (QED) is 0.0346. The smallest absolute Gasteiger partial charge is 0.314 e. The maximum atomic E-state index is 14.2. The summed E-state index contributed by atoms with van der Waals surface area (Å²) in [6.45, 7) is 8.66. The third kappa shape index (κ3) is 12.4. The summed E-state index contributed by atoms with van der Waals surface area (Å²) in [7, 11) is 0. The summed E-state index contributed by atoms with van der Waals surface area (Å²) in [5.74, 6) is 0.109. The standard InChI is InChI=1S/C50H60O6S2/c1-5-9-13-15-21-35(19-11-7-3)49(53)55-37-27-31-39(32-28-37)57-43-25-17-23-41-45(43)47(51)42-24-18-26-44(46(42)48(41)52)58-40-33-29-38(30-34-40)56-50(54)36(20-12-8-4)22-16-14-10-6-2/h17-18,23-36H,5-16,19-22H2,1-4H3. The second-order valence-electron chi connectivity index (χ2n) is 15.4. The SMILES string of the molecule is CCCCCCC(CCCC)C(=O)Oc1ccc(Sc2cccc3c2C(=O)c2cccc(Sc4ccc(OC(=O)C(CCCC)CCCCCC)cc4)c2C3=O)cc1. The largest absolute Gasteiger partial charge is 0.426 e. The Morgan fingerprint density at radius 1 is 0.466 bits per heavy atom. The van der Waals surface area contributed by atoms with Gasteiger partial charge in [-0.3, -0.25) is 19.2 Å². The van der Waals surface area contributed by atoms with Gasteiger partial charge in [-0.05, 0) is 86.3 Å². The van der Waals surface area contributed by atoms with E-state index in [4.69, 9.17) is 9.47 Å². The lowest BCUT2D eigenvalue weighted by molar-refractivity contribution is -0.140. The third-order valence-corrected chi connectivity index (χ3v) is 13.0. The first-order chi connectivity index (χ1) is 28.3. The van der Waals surface area contributed by atoms with Crippen molar-refractivity contribution in [3.8, 4) is 11.5 Å². The second-order valence-corrected chi connectivity index (χ2v) is 17.6. The maximum absolute atomic E-state index is 14.2. The van der Waals surface area contributed by atoms with Crippen LogP contribution < -0.4 is 9.47 Å². The Bertz CT molecular complexity index is 1830. The van der Waals surface area contributed by atoms with Crippen LogP contribution in [0.1, 0.15) is 162 Å². The fraction of sp³-hybridized carbons (Fsp3) is 0.440. The van der Waals surface area contributed by atoms with E-state index in [2.05, 4.69) is 27.7 Å². The molecule has 0 aliphatic heterocycles. The molecule has 1 aliphatic carbocycles. The highest BCUT2D eigenvalue weighted by molar-refractivity contribution is 7.99. The lowest BCUT2D eigenvalue weighted by atomic mass is 9.84. The van der Waals surface area contributed by atoms with Crippen molar-refractivity contribution < 1.29 is 28.7 Å². The van der Waals surface area contributed by atoms with Crippen molar-refractivity contribution in [2.24, 2.45) is 11.8 Å². The minimum Gasteiger partial charge on any atom is -0.426 e. The zero-order chi connectivity index (χ0) is 41.3. The normalized spacial score (nSPS) is 13.1. The third-order valence-electron chi connectivity index (χ3n) is 10.8. The summed E-state index contributed by atoms with van der Waals surface area (Å²) >= 11 is 2.82. The fourth-order valence-corrected chi connectivity index (χ4v) is 9.40. The highest BCUT2D eigenvalue weighted by atomic mass is 32.2. The van der Waals surface area contributed by atoms with Gasteiger partial charge in [-0.15, -0.1) is 0 Å². The number of carbonyl (C=O) groups is 4. The van der Waals surface area contributed by atoms with Crippen LogP contribution in [0.3, 0.4) is 0 Å². The Labute approximate surface area is 354 Å². The Kier molecular flexibility index (Phi) is 18.2. The molecule has 0 fully saturated rings. The minimum atomic E-state index is -0.188. The molecule has 0 saturated carbocycles. The van der Waals surface area contributed by atoms with Crippen LogP contribution >= 0.6 is 23.5 Å². The number of unbranched alkanes of at least 4 members (excludes halogenated alkanes) is 8. The van der Waals surface area contributed by atoms with Crippen LogP contribution in [-0.4, -0.2) is 23.5 Å². The average molecular weight is 821 g/mol. The second kappa shape index (κ2) is 23.5. The number of carbonyl (C=O) groups excluding carboxylic acids is 4. The zero-order valence-corrected chi connectivity index (χ0v) is 36.5. The van der Waals surface area contributed by atoms with Gasteiger partial charge in [0.05, 0.1) is 11.8 Å². The van der Waals surface area contributed by atoms with Crippen LogP contribution in [0.2, 0.25) is 0 Å². The van der Waals surface area contributed by atoms with Crippen molar-refractivity contribution in [3.05, 3.63) is 107 Å². The molecule has 8 heteroatoms. The molecule has 0 heterocycles. The number of ether oxygens (including phenoxy) is 2. The molecule has 4 aromatic rings. The van der Waals surface area contributed by atoms with E-state index in [9.17, 15) is 19.2 Å². The van der Waals surface area contributed by atoms with Crippen molar-refractivity contribution in [1.82, 2.24) is 0 Å². The number of ketones is 2. The Hall–Kier alpha value is -4.14. The van der Waals surface area contributed by atoms with Gasteiger partial charge in [-0.2, -0.15) is 0 Å². The van der Waals surface area contributed by atoms with Crippen LogP contribution in [0.25, 0.3) is 0 Å². The first-order valence-electron chi connectivity index (χ1n) is 21.6. The molecule has 0 saturated heterocycles. The van der Waals surface area contributed by atoms with Gasteiger partial charge >= 0.3 is 11.9 Å². The van der Waals surface area contributed by atoms with E-state index in [1.807, 2.05) is 48.5 Å². The topological polar surface area (TPSA) is 86.7 Å². The fourth-order valence-electron chi connectivity index (χ4n) is 7.45. The molecule has 0 N–H and O–H groups in total. The first-order valence-corrected chi connectivity index (χ1v) is 23.3. The Balaban J connectivity index is 1.25. The summed E-state index contributed by atoms with van der Waals surface area (Å²) in [6, 6.07) is 25.6. The number of esters is 2. The Morgan fingerprint density at radius 3 is 1.19 bits per heavy atom. The molecule has 6 nitrogen and oxygen atoms in total. The monoisotopic (exact) mass is 820 g/mol. The van der Waals surface area contributed by atoms with E-state index >= 15 is 0 Å². The minimum absolute atomic E-state index is 0.0953. The van der Waals surface area contributed by atoms with Gasteiger partial charge in [0, 0.05) is 41.8 Å². The predicted molar refractivity (Wildman–Crippen MR) is 236 cm³/mol. The lowest BCUT2D eigenvalue weighted by Gasteiger charge is -2.22. The number of benzene rings is 4. The van der Waals surface area contributed by atoms with Crippen LogP contribution in [0.5, 0.6) is 11.5 Å². The highest BCUT2D eigenvalue weighted by Crippen LogP contribution is 2.42. The molecule has 4 aromatic carbocycles. The summed E-state index contributed by atoms with van der Waals surface area (Å²) < 4.78 is 11.7. The highest BCUT2D eigenvalue weighted by Gasteiger charge is 2.34. The number of hydrogen-bond acceptors (Lipinski definition) is 8. The van der Waals surface area contributed by atoms with Crippen LogP contribution in [0.15, 0.2) is 105 Å². The van der Waals surface area contributed by atoms with Gasteiger partial charge in [0.25, 0.3) is 0 Å². The van der Waals surface area contributed by atoms with Crippen LogP contribution in [0, 0.1) is 11.8 Å². The number of rotatable bonds is 24. The molecule has 0 radical (unpaired) electrons. The summed E-state index contributed by atoms with van der Waals surface area (Å²) in [5.41, 5.74) is 1.57. The van der Waals surface area contributed by atoms with Gasteiger partial charge < -0.3 is 9.47 Å². The molecule has 308 valence electrons. The van der Waals surface area contributed by atoms with Crippen molar-refractivity contribution in [2.45, 2.75) is 150 Å². The zero-order valence-electron chi connectivity index (χ0n) is 34.8. The molecule has 2 atom stereocenters. The summed E-state index contributed by atoms with van der Waals surface area (Å²) in [5, 5.41) is 0. The number of hydrogen-bond donors (Lipinski definition) is 0. The van der Waals surface area contributed by atoms with Gasteiger partial charge in [0.15, 0.2) is 11.6 Å². The summed E-state index contributed by atoms with van der Waals surface area (Å²) in [4.78, 5) is 57.7. The van der Waals surface area contributed by atoms with Gasteiger partial charge in [-0.25, -0.2) is 0 Å². The molecular weight excluding hydrogens is 761 g/mol. The molecule has 5 rings (SSSR count). The molecular formula is C50H60O6S2. The van der Waals surface area contributed by atoms with Crippen molar-refractivity contribution >= 4 is 47.0 Å². The molecule has 58 heavy (non-hydrogen) atoms. The molecule has 0 spiro atoms. The molecule has 2 unspecified atom stereocenters. The van der Waals surface area contributed by atoms with Crippen LogP contribution in [-0.2, 0) is 9.59 Å². The first kappa shape index (κ1) is 45.0. The van der Waals surface area contributed by atoms with Gasteiger partial charge in [0.2, 0.25) is 0 Å². The molecule has 0 aromatic heterocycles.